The number of carbonyl (C=O) groups is 3. The number of halogens is 1. The number of carbonyl (C=O) groups excluding carboxylic acids is 1. The summed E-state index contributed by atoms with van der Waals surface area (Å²) in [5.41, 5.74) is 0.808. The second kappa shape index (κ2) is 7.49. The van der Waals surface area contributed by atoms with Crippen LogP contribution in [0.4, 0.5) is 4.79 Å². The summed E-state index contributed by atoms with van der Waals surface area (Å²) < 4.78 is 0. The van der Waals surface area contributed by atoms with Gasteiger partial charge in [0.05, 0.1) is 6.42 Å². The van der Waals surface area contributed by atoms with Crippen LogP contribution in [0.25, 0.3) is 0 Å². The molecule has 0 aliphatic carbocycles. The molecule has 0 aliphatic rings. The van der Waals surface area contributed by atoms with E-state index in [-0.39, 0.29) is 6.54 Å². The van der Waals surface area contributed by atoms with Gasteiger partial charge in [0.2, 0.25) is 0 Å². The molecule has 0 heterocycles. The van der Waals surface area contributed by atoms with Gasteiger partial charge in [-0.15, -0.1) is 0 Å². The Labute approximate surface area is 126 Å². The Bertz CT molecular complexity index is 532. The van der Waals surface area contributed by atoms with Gasteiger partial charge in [-0.05, 0) is 17.7 Å². The largest absolute Gasteiger partial charge is 0.481 e. The molecule has 1 rings (SSSR count). The predicted molar refractivity (Wildman–Crippen MR) is 75.1 cm³/mol. The van der Waals surface area contributed by atoms with Crippen molar-refractivity contribution in [1.29, 1.82) is 0 Å². The third-order valence-corrected chi connectivity index (χ3v) is 2.91. The first-order valence-electron chi connectivity index (χ1n) is 6.00. The summed E-state index contributed by atoms with van der Waals surface area (Å²) in [4.78, 5) is 34.5. The summed E-state index contributed by atoms with van der Waals surface area (Å²) in [6.45, 7) is 0.239. The van der Waals surface area contributed by atoms with E-state index < -0.39 is 30.4 Å². The van der Waals surface area contributed by atoms with Gasteiger partial charge in [-0.2, -0.15) is 0 Å². The second-order valence-electron chi connectivity index (χ2n) is 4.42. The SMILES string of the molecule is CN(Cc1ccc(Cl)cc1)C(=O)N[C@H](CC(=O)O)C(=O)O. The molecular weight excluding hydrogens is 300 g/mol. The number of aliphatic carboxylic acids is 2. The van der Waals surface area contributed by atoms with Crippen molar-refractivity contribution in [2.75, 3.05) is 7.05 Å². The summed E-state index contributed by atoms with van der Waals surface area (Å²) in [5, 5.41) is 20.2. The molecular formula is C13H15ClN2O5. The molecule has 0 spiro atoms. The molecule has 0 fully saturated rings. The fourth-order valence-electron chi connectivity index (χ4n) is 1.57. The summed E-state index contributed by atoms with van der Waals surface area (Å²) in [5.74, 6) is -2.70. The third kappa shape index (κ3) is 5.70. The second-order valence-corrected chi connectivity index (χ2v) is 4.86. The minimum Gasteiger partial charge on any atom is -0.481 e. The lowest BCUT2D eigenvalue weighted by atomic mass is 10.2. The minimum absolute atomic E-state index is 0.239. The maximum absolute atomic E-state index is 11.8. The van der Waals surface area contributed by atoms with Crippen LogP contribution in [0.2, 0.25) is 5.02 Å². The predicted octanol–water partition coefficient (Wildman–Crippen LogP) is 1.41. The molecule has 0 bridgehead atoms. The lowest BCUT2D eigenvalue weighted by Crippen LogP contribution is -2.47. The van der Waals surface area contributed by atoms with E-state index in [1.54, 1.807) is 24.3 Å². The topological polar surface area (TPSA) is 107 Å². The lowest BCUT2D eigenvalue weighted by molar-refractivity contribution is -0.145. The number of amides is 2. The van der Waals surface area contributed by atoms with Crippen LogP contribution in [0, 0.1) is 0 Å². The molecule has 21 heavy (non-hydrogen) atoms. The highest BCUT2D eigenvalue weighted by Gasteiger charge is 2.24. The maximum Gasteiger partial charge on any atom is 0.326 e. The molecule has 0 aromatic heterocycles. The van der Waals surface area contributed by atoms with E-state index in [4.69, 9.17) is 21.8 Å². The normalized spacial score (nSPS) is 11.5. The van der Waals surface area contributed by atoms with Gasteiger partial charge >= 0.3 is 18.0 Å². The van der Waals surface area contributed by atoms with Crippen molar-refractivity contribution in [3.63, 3.8) is 0 Å². The van der Waals surface area contributed by atoms with Crippen molar-refractivity contribution >= 4 is 29.6 Å². The van der Waals surface area contributed by atoms with Crippen LogP contribution >= 0.6 is 11.6 Å². The van der Waals surface area contributed by atoms with Crippen molar-refractivity contribution in [3.8, 4) is 0 Å². The van der Waals surface area contributed by atoms with Gasteiger partial charge in [-0.3, -0.25) is 4.79 Å². The smallest absolute Gasteiger partial charge is 0.326 e. The number of hydrogen-bond acceptors (Lipinski definition) is 3. The Morgan fingerprint density at radius 1 is 1.24 bits per heavy atom. The zero-order chi connectivity index (χ0) is 16.0. The van der Waals surface area contributed by atoms with Gasteiger partial charge in [0, 0.05) is 18.6 Å². The molecule has 0 radical (unpaired) electrons. The molecule has 3 N–H and O–H groups in total. The third-order valence-electron chi connectivity index (χ3n) is 2.65. The molecule has 1 aromatic carbocycles. The number of rotatable bonds is 6. The van der Waals surface area contributed by atoms with Crippen molar-refractivity contribution in [3.05, 3.63) is 34.9 Å². The highest BCUT2D eigenvalue weighted by molar-refractivity contribution is 6.30. The fourth-order valence-corrected chi connectivity index (χ4v) is 1.70. The van der Waals surface area contributed by atoms with Gasteiger partial charge in [0.25, 0.3) is 0 Å². The zero-order valence-corrected chi connectivity index (χ0v) is 12.0. The number of nitrogens with one attached hydrogen (secondary N) is 1. The van der Waals surface area contributed by atoms with Crippen LogP contribution in [0.5, 0.6) is 0 Å². The van der Waals surface area contributed by atoms with Crippen LogP contribution in [0.3, 0.4) is 0 Å². The molecule has 0 saturated carbocycles. The van der Waals surface area contributed by atoms with E-state index in [9.17, 15) is 14.4 Å². The summed E-state index contributed by atoms with van der Waals surface area (Å²) in [6.07, 6.45) is -0.685. The first-order valence-corrected chi connectivity index (χ1v) is 6.38. The van der Waals surface area contributed by atoms with Crippen LogP contribution in [-0.4, -0.2) is 46.2 Å². The number of benzene rings is 1. The van der Waals surface area contributed by atoms with Crippen LogP contribution in [-0.2, 0) is 16.1 Å². The highest BCUT2D eigenvalue weighted by Crippen LogP contribution is 2.11. The molecule has 1 aromatic rings. The number of urea groups is 1. The van der Waals surface area contributed by atoms with E-state index in [0.29, 0.717) is 5.02 Å². The zero-order valence-electron chi connectivity index (χ0n) is 11.2. The quantitative estimate of drug-likeness (QED) is 0.736. The monoisotopic (exact) mass is 314 g/mol. The Morgan fingerprint density at radius 2 is 1.81 bits per heavy atom. The Morgan fingerprint density at radius 3 is 2.29 bits per heavy atom. The Kier molecular flexibility index (Phi) is 5.98. The van der Waals surface area contributed by atoms with Gasteiger partial charge in [-0.1, -0.05) is 23.7 Å². The van der Waals surface area contributed by atoms with E-state index in [1.807, 2.05) is 0 Å². The van der Waals surface area contributed by atoms with Crippen LogP contribution in [0.15, 0.2) is 24.3 Å². The molecule has 0 aliphatic heterocycles. The fraction of sp³-hybridized carbons (Fsp3) is 0.308. The first kappa shape index (κ1) is 16.8. The average molecular weight is 315 g/mol. The number of carboxylic acid groups (broad SMARTS) is 2. The standard InChI is InChI=1S/C13H15ClN2O5/c1-16(7-8-2-4-9(14)5-3-8)13(21)15-10(12(19)20)6-11(17)18/h2-5,10H,6-7H2,1H3,(H,15,21)(H,17,18)(H,19,20)/t10-/m1/s1. The van der Waals surface area contributed by atoms with Gasteiger partial charge < -0.3 is 20.4 Å². The van der Waals surface area contributed by atoms with Gasteiger partial charge in [0.15, 0.2) is 0 Å². The highest BCUT2D eigenvalue weighted by atomic mass is 35.5. The molecule has 8 heteroatoms. The first-order chi connectivity index (χ1) is 9.79. The molecule has 114 valence electrons. The van der Waals surface area contributed by atoms with E-state index >= 15 is 0 Å². The van der Waals surface area contributed by atoms with Crippen LogP contribution < -0.4 is 5.32 Å². The summed E-state index contributed by atoms with van der Waals surface area (Å²) >= 11 is 5.75. The van der Waals surface area contributed by atoms with E-state index in [1.165, 1.54) is 11.9 Å². The van der Waals surface area contributed by atoms with Gasteiger partial charge in [0.1, 0.15) is 6.04 Å². The molecule has 0 saturated heterocycles. The van der Waals surface area contributed by atoms with Crippen LogP contribution in [0.1, 0.15) is 12.0 Å². The van der Waals surface area contributed by atoms with Crippen molar-refractivity contribution < 1.29 is 24.6 Å². The lowest BCUT2D eigenvalue weighted by Gasteiger charge is -2.20. The van der Waals surface area contributed by atoms with Crippen molar-refractivity contribution in [2.45, 2.75) is 19.0 Å². The summed E-state index contributed by atoms with van der Waals surface area (Å²) in [7, 11) is 1.48. The van der Waals surface area contributed by atoms with Gasteiger partial charge in [-0.25, -0.2) is 9.59 Å². The maximum atomic E-state index is 11.8. The number of nitrogens with zero attached hydrogens (tertiary/aromatic N) is 1. The number of carboxylic acids is 2. The molecule has 7 nitrogen and oxygen atoms in total. The summed E-state index contributed by atoms with van der Waals surface area (Å²) in [6, 6.07) is 4.68. The molecule has 2 amide bonds. The van der Waals surface area contributed by atoms with Crippen molar-refractivity contribution in [1.82, 2.24) is 10.2 Å². The number of hydrogen-bond donors (Lipinski definition) is 3. The Balaban J connectivity index is 2.62. The molecule has 1 atom stereocenters. The molecule has 0 unspecified atom stereocenters. The van der Waals surface area contributed by atoms with E-state index in [0.717, 1.165) is 5.56 Å². The van der Waals surface area contributed by atoms with Crippen molar-refractivity contribution in [2.24, 2.45) is 0 Å². The average Bonchev–Trinajstić information content (AvgIpc) is 2.39. The minimum atomic E-state index is -1.47. The van der Waals surface area contributed by atoms with E-state index in [2.05, 4.69) is 5.32 Å². The Hall–Kier alpha value is -2.28.